The van der Waals surface area contributed by atoms with Crippen LogP contribution < -0.4 is 10.5 Å². The highest BCUT2D eigenvalue weighted by Crippen LogP contribution is 2.35. The summed E-state index contributed by atoms with van der Waals surface area (Å²) in [5.74, 6) is 0.605. The van der Waals surface area contributed by atoms with Gasteiger partial charge >= 0.3 is 0 Å². The van der Waals surface area contributed by atoms with E-state index in [4.69, 9.17) is 10.5 Å². The van der Waals surface area contributed by atoms with Crippen LogP contribution in [-0.2, 0) is 9.84 Å². The third-order valence-electron chi connectivity index (χ3n) is 5.41. The highest BCUT2D eigenvalue weighted by atomic mass is 32.2. The molecule has 34 heavy (non-hydrogen) atoms. The van der Waals surface area contributed by atoms with Gasteiger partial charge in [-0.1, -0.05) is 36.4 Å². The monoisotopic (exact) mass is 471 g/mol. The Labute approximate surface area is 196 Å². The number of nitrogens with two attached hydrogens (primary N) is 1. The second-order valence-electron chi connectivity index (χ2n) is 7.75. The molecule has 9 heteroatoms. The highest BCUT2D eigenvalue weighted by molar-refractivity contribution is 7.92. The van der Waals surface area contributed by atoms with Gasteiger partial charge in [0.05, 0.1) is 29.3 Å². The molecule has 2 heterocycles. The first-order chi connectivity index (χ1) is 16.4. The van der Waals surface area contributed by atoms with E-state index < -0.39 is 9.84 Å². The molecule has 0 aliphatic heterocycles. The third-order valence-corrected chi connectivity index (χ3v) is 7.23. The lowest BCUT2D eigenvalue weighted by Crippen LogP contribution is -2.07. The number of fused-ring (bicyclic) bond motifs is 2. The molecule has 0 fully saturated rings. The van der Waals surface area contributed by atoms with Crippen LogP contribution >= 0.6 is 0 Å². The molecule has 0 atom stereocenters. The Morgan fingerprint density at radius 1 is 0.971 bits per heavy atom. The normalized spacial score (nSPS) is 12.1. The molecule has 2 aromatic heterocycles. The maximum Gasteiger partial charge on any atom is 0.212 e. The molecule has 0 aliphatic carbocycles. The molecule has 0 saturated carbocycles. The van der Waals surface area contributed by atoms with Gasteiger partial charge in [-0.25, -0.2) is 18.4 Å². The quantitative estimate of drug-likeness (QED) is 0.385. The van der Waals surface area contributed by atoms with E-state index in [0.717, 1.165) is 11.1 Å². The zero-order chi connectivity index (χ0) is 23.9. The Morgan fingerprint density at radius 3 is 2.44 bits per heavy atom. The van der Waals surface area contributed by atoms with Crippen LogP contribution in [0.4, 0.5) is 5.82 Å². The summed E-state index contributed by atoms with van der Waals surface area (Å²) >= 11 is 0. The Hall–Kier alpha value is -4.24. The van der Waals surface area contributed by atoms with Crippen molar-refractivity contribution in [1.82, 2.24) is 14.6 Å². The number of hydrogen-bond donors (Lipinski definition) is 1. The predicted molar refractivity (Wildman–Crippen MR) is 132 cm³/mol. The number of nitrogens with zero attached hydrogens (tertiary/aromatic N) is 4. The van der Waals surface area contributed by atoms with E-state index in [-0.39, 0.29) is 26.8 Å². The van der Waals surface area contributed by atoms with Crippen LogP contribution in [0.3, 0.4) is 0 Å². The summed E-state index contributed by atoms with van der Waals surface area (Å²) in [6.45, 7) is 1.83. The van der Waals surface area contributed by atoms with Crippen LogP contribution in [0.15, 0.2) is 87.7 Å². The zero-order valence-electron chi connectivity index (χ0n) is 18.5. The van der Waals surface area contributed by atoms with Gasteiger partial charge in [-0.15, -0.1) is 0 Å². The summed E-state index contributed by atoms with van der Waals surface area (Å²) < 4.78 is 34.0. The standard InChI is InChI=1S/C25H21N5O3S/c1-16-7-5-10-19(13-16)34(31,32)23-22-25(29-21-12-4-3-11-20(21)28-22)30(24(23)26)27-15-17-8-6-9-18(14-17)33-2/h3-15H,26H2,1-2H3. The van der Waals surface area contributed by atoms with Gasteiger partial charge in [0.25, 0.3) is 0 Å². The first kappa shape index (κ1) is 21.6. The van der Waals surface area contributed by atoms with Crippen molar-refractivity contribution in [3.05, 3.63) is 83.9 Å². The molecule has 5 rings (SSSR count). The van der Waals surface area contributed by atoms with Gasteiger partial charge in [0.1, 0.15) is 22.0 Å². The van der Waals surface area contributed by atoms with E-state index in [1.807, 2.05) is 43.3 Å². The minimum atomic E-state index is -4.00. The van der Waals surface area contributed by atoms with E-state index in [9.17, 15) is 8.42 Å². The average Bonchev–Trinajstić information content (AvgIpc) is 3.12. The number of benzene rings is 3. The topological polar surface area (TPSA) is 112 Å². The number of para-hydroxylation sites is 2. The number of sulfone groups is 1. The fraction of sp³-hybridized carbons (Fsp3) is 0.0800. The largest absolute Gasteiger partial charge is 0.497 e. The van der Waals surface area contributed by atoms with E-state index in [1.165, 1.54) is 4.68 Å². The number of methoxy groups -OCH3 is 1. The molecule has 5 aromatic rings. The molecule has 0 unspecified atom stereocenters. The SMILES string of the molecule is COc1cccc(C=Nn2c(N)c(S(=O)(=O)c3cccc(C)c3)c3nc4ccccc4nc32)c1. The average molecular weight is 472 g/mol. The molecule has 0 amide bonds. The zero-order valence-corrected chi connectivity index (χ0v) is 19.3. The molecular formula is C25H21N5O3S. The van der Waals surface area contributed by atoms with Gasteiger partial charge in [-0.3, -0.25) is 0 Å². The van der Waals surface area contributed by atoms with Crippen molar-refractivity contribution in [1.29, 1.82) is 0 Å². The summed E-state index contributed by atoms with van der Waals surface area (Å²) in [6, 6.07) is 21.2. The first-order valence-corrected chi connectivity index (χ1v) is 11.9. The van der Waals surface area contributed by atoms with Gasteiger partial charge in [-0.05, 0) is 54.4 Å². The fourth-order valence-electron chi connectivity index (χ4n) is 3.75. The summed E-state index contributed by atoms with van der Waals surface area (Å²) in [7, 11) is -2.42. The van der Waals surface area contributed by atoms with E-state index in [1.54, 1.807) is 49.7 Å². The molecule has 0 saturated heterocycles. The van der Waals surface area contributed by atoms with Crippen molar-refractivity contribution in [3.63, 3.8) is 0 Å². The van der Waals surface area contributed by atoms with E-state index >= 15 is 0 Å². The predicted octanol–water partition coefficient (Wildman–Crippen LogP) is 4.20. The molecule has 2 N–H and O–H groups in total. The molecule has 0 bridgehead atoms. The van der Waals surface area contributed by atoms with Crippen LogP contribution in [-0.4, -0.2) is 36.4 Å². The highest BCUT2D eigenvalue weighted by Gasteiger charge is 2.30. The molecule has 0 aliphatic rings. The van der Waals surface area contributed by atoms with Crippen LogP contribution in [0, 0.1) is 6.92 Å². The van der Waals surface area contributed by atoms with Gasteiger partial charge in [-0.2, -0.15) is 9.78 Å². The number of ether oxygens (including phenoxy) is 1. The summed E-state index contributed by atoms with van der Waals surface area (Å²) in [4.78, 5) is 9.28. The van der Waals surface area contributed by atoms with E-state index in [2.05, 4.69) is 15.1 Å². The lowest BCUT2D eigenvalue weighted by atomic mass is 10.2. The van der Waals surface area contributed by atoms with Crippen molar-refractivity contribution >= 4 is 44.1 Å². The molecule has 8 nitrogen and oxygen atoms in total. The van der Waals surface area contributed by atoms with Crippen molar-refractivity contribution in [2.24, 2.45) is 5.10 Å². The van der Waals surface area contributed by atoms with Gasteiger partial charge in [0.15, 0.2) is 5.65 Å². The van der Waals surface area contributed by atoms with Crippen molar-refractivity contribution < 1.29 is 13.2 Å². The molecule has 0 spiro atoms. The number of nitrogen functional groups attached to an aromatic ring is 1. The Balaban J connectivity index is 1.78. The Morgan fingerprint density at radius 2 is 1.71 bits per heavy atom. The molecule has 170 valence electrons. The number of hydrogen-bond acceptors (Lipinski definition) is 7. The van der Waals surface area contributed by atoms with Gasteiger partial charge < -0.3 is 10.5 Å². The maximum atomic E-state index is 13.7. The Kier molecular flexibility index (Phi) is 5.25. The fourth-order valence-corrected chi connectivity index (χ4v) is 5.34. The lowest BCUT2D eigenvalue weighted by Gasteiger charge is -2.06. The number of anilines is 1. The Bertz CT molecular complexity index is 1690. The van der Waals surface area contributed by atoms with Crippen LogP contribution in [0.25, 0.3) is 22.2 Å². The summed E-state index contributed by atoms with van der Waals surface area (Å²) in [6.07, 6.45) is 1.57. The summed E-state index contributed by atoms with van der Waals surface area (Å²) in [5.41, 5.74) is 9.57. The van der Waals surface area contributed by atoms with Crippen LogP contribution in [0.5, 0.6) is 5.75 Å². The second-order valence-corrected chi connectivity index (χ2v) is 9.64. The van der Waals surface area contributed by atoms with Crippen molar-refractivity contribution in [2.45, 2.75) is 16.7 Å². The second kappa shape index (κ2) is 8.27. The van der Waals surface area contributed by atoms with Gasteiger partial charge in [0.2, 0.25) is 9.84 Å². The number of aryl methyl sites for hydroxylation is 1. The lowest BCUT2D eigenvalue weighted by molar-refractivity contribution is 0.415. The molecule has 0 radical (unpaired) electrons. The summed E-state index contributed by atoms with van der Waals surface area (Å²) in [5, 5.41) is 4.48. The van der Waals surface area contributed by atoms with Crippen LogP contribution in [0.2, 0.25) is 0 Å². The minimum Gasteiger partial charge on any atom is -0.497 e. The molecule has 3 aromatic carbocycles. The third kappa shape index (κ3) is 3.65. The van der Waals surface area contributed by atoms with Crippen molar-refractivity contribution in [3.8, 4) is 5.75 Å². The smallest absolute Gasteiger partial charge is 0.212 e. The number of aromatic nitrogens is 3. The number of rotatable bonds is 5. The van der Waals surface area contributed by atoms with Crippen molar-refractivity contribution in [2.75, 3.05) is 12.8 Å². The molecular weight excluding hydrogens is 450 g/mol. The van der Waals surface area contributed by atoms with Crippen LogP contribution in [0.1, 0.15) is 11.1 Å². The first-order valence-electron chi connectivity index (χ1n) is 10.5. The maximum absolute atomic E-state index is 13.7. The van der Waals surface area contributed by atoms with E-state index in [0.29, 0.717) is 16.8 Å². The van der Waals surface area contributed by atoms with Gasteiger partial charge in [0, 0.05) is 0 Å². The minimum absolute atomic E-state index is 0.0639.